The minimum absolute atomic E-state index is 0.204. The fourth-order valence-electron chi connectivity index (χ4n) is 1.97. The standard InChI is InChI=1S/C14H13NO6/c1-14(19,9-3-5-11(16)13(18)7-9)8-2-4-10(15(20)21)12(17)6-8/h2-7,16-19H,1H3. The Morgan fingerprint density at radius 3 is 1.95 bits per heavy atom. The van der Waals surface area contributed by atoms with Crippen molar-refractivity contribution >= 4 is 5.69 Å². The predicted octanol–water partition coefficient (Wildman–Crippen LogP) is 1.97. The van der Waals surface area contributed by atoms with Gasteiger partial charge in [0.15, 0.2) is 17.2 Å². The molecule has 21 heavy (non-hydrogen) atoms. The third-order valence-electron chi connectivity index (χ3n) is 3.27. The Morgan fingerprint density at radius 1 is 0.952 bits per heavy atom. The van der Waals surface area contributed by atoms with Crippen LogP contribution in [0.3, 0.4) is 0 Å². The fourth-order valence-corrected chi connectivity index (χ4v) is 1.97. The van der Waals surface area contributed by atoms with E-state index in [0.717, 1.165) is 12.1 Å². The van der Waals surface area contributed by atoms with Crippen molar-refractivity contribution in [3.8, 4) is 17.2 Å². The molecule has 0 saturated heterocycles. The smallest absolute Gasteiger partial charge is 0.310 e. The number of phenols is 3. The molecular weight excluding hydrogens is 278 g/mol. The Labute approximate surface area is 119 Å². The van der Waals surface area contributed by atoms with Gasteiger partial charge in [-0.2, -0.15) is 0 Å². The molecule has 2 aromatic carbocycles. The largest absolute Gasteiger partial charge is 0.504 e. The van der Waals surface area contributed by atoms with Gasteiger partial charge in [-0.15, -0.1) is 0 Å². The first kappa shape index (κ1) is 14.6. The van der Waals surface area contributed by atoms with Crippen molar-refractivity contribution in [1.29, 1.82) is 0 Å². The number of rotatable bonds is 3. The molecular formula is C14H13NO6. The van der Waals surface area contributed by atoms with Crippen molar-refractivity contribution < 1.29 is 25.3 Å². The van der Waals surface area contributed by atoms with Crippen LogP contribution < -0.4 is 0 Å². The molecule has 2 rings (SSSR count). The maximum absolute atomic E-state index is 10.7. The second-order valence-electron chi connectivity index (χ2n) is 4.74. The molecule has 0 aliphatic rings. The molecule has 0 radical (unpaired) electrons. The fraction of sp³-hybridized carbons (Fsp3) is 0.143. The maximum Gasteiger partial charge on any atom is 0.310 e. The van der Waals surface area contributed by atoms with E-state index >= 15 is 0 Å². The molecule has 4 N–H and O–H groups in total. The lowest BCUT2D eigenvalue weighted by Crippen LogP contribution is -2.22. The molecule has 2 aromatic rings. The second kappa shape index (κ2) is 4.95. The average molecular weight is 291 g/mol. The lowest BCUT2D eigenvalue weighted by molar-refractivity contribution is -0.385. The van der Waals surface area contributed by atoms with Crippen LogP contribution in [0.5, 0.6) is 17.2 Å². The van der Waals surface area contributed by atoms with Crippen LogP contribution in [-0.4, -0.2) is 25.3 Å². The monoisotopic (exact) mass is 291 g/mol. The summed E-state index contributed by atoms with van der Waals surface area (Å²) in [5.74, 6) is -1.30. The summed E-state index contributed by atoms with van der Waals surface area (Å²) in [7, 11) is 0. The first-order chi connectivity index (χ1) is 9.73. The Bertz CT molecular complexity index is 711. The molecule has 0 saturated carbocycles. The highest BCUT2D eigenvalue weighted by atomic mass is 16.6. The number of hydrogen-bond donors (Lipinski definition) is 4. The molecule has 0 spiro atoms. The highest BCUT2D eigenvalue weighted by molar-refractivity contribution is 5.51. The first-order valence-corrected chi connectivity index (χ1v) is 5.96. The van der Waals surface area contributed by atoms with Crippen molar-refractivity contribution in [3.63, 3.8) is 0 Å². The van der Waals surface area contributed by atoms with Crippen LogP contribution in [0.25, 0.3) is 0 Å². The van der Waals surface area contributed by atoms with Gasteiger partial charge in [-0.1, -0.05) is 6.07 Å². The van der Waals surface area contributed by atoms with Crippen LogP contribution >= 0.6 is 0 Å². The molecule has 1 unspecified atom stereocenters. The van der Waals surface area contributed by atoms with E-state index in [-0.39, 0.29) is 16.9 Å². The number of nitrogens with zero attached hydrogens (tertiary/aromatic N) is 1. The molecule has 0 bridgehead atoms. The van der Waals surface area contributed by atoms with Crippen LogP contribution in [0, 0.1) is 10.1 Å². The first-order valence-electron chi connectivity index (χ1n) is 5.96. The van der Waals surface area contributed by atoms with E-state index in [2.05, 4.69) is 0 Å². The lowest BCUT2D eigenvalue weighted by Gasteiger charge is -2.24. The van der Waals surface area contributed by atoms with E-state index in [0.29, 0.717) is 0 Å². The number of benzene rings is 2. The van der Waals surface area contributed by atoms with Crippen LogP contribution in [-0.2, 0) is 5.60 Å². The van der Waals surface area contributed by atoms with Crippen LogP contribution in [0.4, 0.5) is 5.69 Å². The van der Waals surface area contributed by atoms with Gasteiger partial charge in [0.25, 0.3) is 0 Å². The average Bonchev–Trinajstić information content (AvgIpc) is 2.41. The number of nitro benzene ring substituents is 1. The van der Waals surface area contributed by atoms with Crippen molar-refractivity contribution in [2.75, 3.05) is 0 Å². The zero-order valence-electron chi connectivity index (χ0n) is 11.0. The highest BCUT2D eigenvalue weighted by Gasteiger charge is 2.28. The van der Waals surface area contributed by atoms with Gasteiger partial charge in [0.2, 0.25) is 0 Å². The van der Waals surface area contributed by atoms with Crippen LogP contribution in [0.15, 0.2) is 36.4 Å². The van der Waals surface area contributed by atoms with E-state index < -0.39 is 27.7 Å². The molecule has 0 aliphatic heterocycles. The summed E-state index contributed by atoms with van der Waals surface area (Å²) in [5, 5.41) is 49.6. The van der Waals surface area contributed by atoms with E-state index in [1.54, 1.807) is 0 Å². The lowest BCUT2D eigenvalue weighted by atomic mass is 9.87. The van der Waals surface area contributed by atoms with Gasteiger partial charge in [-0.3, -0.25) is 10.1 Å². The summed E-state index contributed by atoms with van der Waals surface area (Å²) >= 11 is 0. The molecule has 0 amide bonds. The third-order valence-corrected chi connectivity index (χ3v) is 3.27. The van der Waals surface area contributed by atoms with Crippen molar-refractivity contribution in [1.82, 2.24) is 0 Å². The van der Waals surface area contributed by atoms with E-state index in [4.69, 9.17) is 0 Å². The van der Waals surface area contributed by atoms with E-state index in [1.807, 2.05) is 0 Å². The summed E-state index contributed by atoms with van der Waals surface area (Å²) in [5.41, 5.74) is -1.62. The van der Waals surface area contributed by atoms with Gasteiger partial charge in [-0.05, 0) is 42.3 Å². The van der Waals surface area contributed by atoms with Crippen LogP contribution in [0.1, 0.15) is 18.1 Å². The van der Waals surface area contributed by atoms with E-state index in [1.165, 1.54) is 31.2 Å². The molecule has 1 atom stereocenters. The van der Waals surface area contributed by atoms with Gasteiger partial charge in [0.05, 0.1) is 4.92 Å². The normalized spacial score (nSPS) is 13.6. The Hall–Kier alpha value is -2.80. The summed E-state index contributed by atoms with van der Waals surface area (Å²) in [4.78, 5) is 9.92. The van der Waals surface area contributed by atoms with Crippen molar-refractivity contribution in [2.24, 2.45) is 0 Å². The molecule has 0 aromatic heterocycles. The molecule has 110 valence electrons. The summed E-state index contributed by atoms with van der Waals surface area (Å²) in [6.07, 6.45) is 0. The SMILES string of the molecule is CC(O)(c1ccc(O)c(O)c1)c1ccc([N+](=O)[O-])c(O)c1. The Balaban J connectivity index is 2.50. The quantitative estimate of drug-likeness (QED) is 0.389. The summed E-state index contributed by atoms with van der Waals surface area (Å²) < 4.78 is 0. The van der Waals surface area contributed by atoms with E-state index in [9.17, 15) is 30.5 Å². The minimum atomic E-state index is -1.61. The summed E-state index contributed by atoms with van der Waals surface area (Å²) in [6, 6.07) is 7.26. The van der Waals surface area contributed by atoms with Gasteiger partial charge >= 0.3 is 5.69 Å². The van der Waals surface area contributed by atoms with Gasteiger partial charge < -0.3 is 20.4 Å². The second-order valence-corrected chi connectivity index (χ2v) is 4.74. The summed E-state index contributed by atoms with van der Waals surface area (Å²) in [6.45, 7) is 1.40. The molecule has 7 heteroatoms. The zero-order chi connectivity index (χ0) is 15.8. The van der Waals surface area contributed by atoms with Gasteiger partial charge in [0, 0.05) is 6.07 Å². The van der Waals surface area contributed by atoms with Crippen LogP contribution in [0.2, 0.25) is 0 Å². The number of aromatic hydroxyl groups is 3. The zero-order valence-corrected chi connectivity index (χ0v) is 11.0. The topological polar surface area (TPSA) is 124 Å². The van der Waals surface area contributed by atoms with Crippen molar-refractivity contribution in [2.45, 2.75) is 12.5 Å². The van der Waals surface area contributed by atoms with Crippen molar-refractivity contribution in [3.05, 3.63) is 57.6 Å². The molecule has 0 fully saturated rings. The Morgan fingerprint density at radius 2 is 1.48 bits per heavy atom. The number of nitro groups is 1. The molecule has 7 nitrogen and oxygen atoms in total. The highest BCUT2D eigenvalue weighted by Crippen LogP contribution is 2.37. The third kappa shape index (κ3) is 2.59. The number of hydrogen-bond acceptors (Lipinski definition) is 6. The Kier molecular flexibility index (Phi) is 3.44. The molecule has 0 aliphatic carbocycles. The minimum Gasteiger partial charge on any atom is -0.504 e. The van der Waals surface area contributed by atoms with Gasteiger partial charge in [-0.25, -0.2) is 0 Å². The van der Waals surface area contributed by atoms with Gasteiger partial charge in [0.1, 0.15) is 5.60 Å². The maximum atomic E-state index is 10.7. The predicted molar refractivity (Wildman–Crippen MR) is 73.2 cm³/mol. The number of aliphatic hydroxyl groups is 1. The molecule has 0 heterocycles. The number of phenolic OH excluding ortho intramolecular Hbond substituents is 3.